The third-order valence-electron chi connectivity index (χ3n) is 5.13. The number of fused-ring (bicyclic) bond motifs is 2. The van der Waals surface area contributed by atoms with Crippen LogP contribution in [0.3, 0.4) is 0 Å². The van der Waals surface area contributed by atoms with E-state index in [1.54, 1.807) is 0 Å². The van der Waals surface area contributed by atoms with Crippen molar-refractivity contribution in [1.82, 2.24) is 15.5 Å². The lowest BCUT2D eigenvalue weighted by Crippen LogP contribution is -2.39. The molecule has 0 spiro atoms. The van der Waals surface area contributed by atoms with Gasteiger partial charge in [-0.2, -0.15) is 4.98 Å². The molecular formula is C18H21N3O2S. The average Bonchev–Trinajstić information content (AvgIpc) is 3.30. The van der Waals surface area contributed by atoms with Crippen LogP contribution in [0.5, 0.6) is 0 Å². The molecule has 4 rings (SSSR count). The molecule has 126 valence electrons. The maximum atomic E-state index is 12.1. The first-order valence-electron chi connectivity index (χ1n) is 8.50. The van der Waals surface area contributed by atoms with E-state index in [9.17, 15) is 4.79 Å². The van der Waals surface area contributed by atoms with E-state index in [2.05, 4.69) is 15.5 Å². The molecule has 2 bridgehead atoms. The highest BCUT2D eigenvalue weighted by Gasteiger charge is 2.40. The van der Waals surface area contributed by atoms with Crippen LogP contribution in [0, 0.1) is 18.8 Å². The smallest absolute Gasteiger partial charge is 0.286 e. The average molecular weight is 343 g/mol. The molecule has 3 atom stereocenters. The molecule has 1 amide bonds. The Labute approximate surface area is 145 Å². The van der Waals surface area contributed by atoms with Gasteiger partial charge < -0.3 is 9.84 Å². The standard InChI is InChI=1S/C18H21N3O2S/c1-11-2-5-13(6-3-11)17-20-18(23-21-17)24-10-16(22)19-15-9-12-4-7-14(15)8-12/h2-3,5-6,12,14-15H,4,7-10H2,1H3,(H,19,22)/t12-,14-,15+/m0/s1. The summed E-state index contributed by atoms with van der Waals surface area (Å²) in [6.07, 6.45) is 5.06. The minimum absolute atomic E-state index is 0.0626. The zero-order valence-electron chi connectivity index (χ0n) is 13.7. The van der Waals surface area contributed by atoms with Gasteiger partial charge in [-0.15, -0.1) is 0 Å². The van der Waals surface area contributed by atoms with Crippen LogP contribution < -0.4 is 5.32 Å². The van der Waals surface area contributed by atoms with Crippen molar-refractivity contribution in [2.45, 2.75) is 43.9 Å². The van der Waals surface area contributed by atoms with Gasteiger partial charge in [-0.25, -0.2) is 0 Å². The van der Waals surface area contributed by atoms with Gasteiger partial charge in [-0.3, -0.25) is 4.79 Å². The summed E-state index contributed by atoms with van der Waals surface area (Å²) in [6, 6.07) is 8.35. The fraction of sp³-hybridized carbons (Fsp3) is 0.500. The number of nitrogens with zero attached hydrogens (tertiary/aromatic N) is 2. The van der Waals surface area contributed by atoms with Crippen LogP contribution in [0.2, 0.25) is 0 Å². The van der Waals surface area contributed by atoms with E-state index < -0.39 is 0 Å². The summed E-state index contributed by atoms with van der Waals surface area (Å²) in [7, 11) is 0. The Hall–Kier alpha value is -1.82. The second-order valence-corrected chi connectivity index (χ2v) is 7.81. The van der Waals surface area contributed by atoms with Crippen molar-refractivity contribution in [3.63, 3.8) is 0 Å². The summed E-state index contributed by atoms with van der Waals surface area (Å²) < 4.78 is 5.24. The first-order valence-corrected chi connectivity index (χ1v) is 9.49. The number of benzene rings is 1. The van der Waals surface area contributed by atoms with Crippen molar-refractivity contribution < 1.29 is 9.32 Å². The molecule has 2 aliphatic carbocycles. The van der Waals surface area contributed by atoms with Gasteiger partial charge in [0.1, 0.15) is 0 Å². The molecule has 0 saturated heterocycles. The summed E-state index contributed by atoms with van der Waals surface area (Å²) in [5, 5.41) is 7.60. The normalized spacial score (nSPS) is 25.1. The number of amides is 1. The molecule has 2 fully saturated rings. The van der Waals surface area contributed by atoms with E-state index in [-0.39, 0.29) is 5.91 Å². The lowest BCUT2D eigenvalue weighted by atomic mass is 9.95. The van der Waals surface area contributed by atoms with Crippen molar-refractivity contribution in [2.75, 3.05) is 5.75 Å². The molecule has 0 aliphatic heterocycles. The molecule has 2 saturated carbocycles. The van der Waals surface area contributed by atoms with E-state index in [1.165, 1.54) is 36.6 Å². The SMILES string of the molecule is Cc1ccc(-c2noc(SCC(=O)N[C@@H]3C[C@H]4CC[C@H]3C4)n2)cc1. The highest BCUT2D eigenvalue weighted by Crippen LogP contribution is 2.44. The largest absolute Gasteiger partial charge is 0.352 e. The van der Waals surface area contributed by atoms with Gasteiger partial charge in [-0.05, 0) is 38.0 Å². The molecule has 1 aromatic heterocycles. The molecule has 1 aromatic carbocycles. The Balaban J connectivity index is 1.30. The third-order valence-corrected chi connectivity index (χ3v) is 5.95. The number of carbonyl (C=O) groups excluding carboxylic acids is 1. The van der Waals surface area contributed by atoms with Crippen molar-refractivity contribution in [3.8, 4) is 11.4 Å². The van der Waals surface area contributed by atoms with Crippen molar-refractivity contribution in [2.24, 2.45) is 11.8 Å². The number of nitrogens with one attached hydrogen (secondary N) is 1. The Morgan fingerprint density at radius 3 is 2.83 bits per heavy atom. The van der Waals surface area contributed by atoms with Crippen LogP contribution in [0.25, 0.3) is 11.4 Å². The summed E-state index contributed by atoms with van der Waals surface area (Å²) in [5.74, 6) is 2.48. The second kappa shape index (κ2) is 6.59. The van der Waals surface area contributed by atoms with Gasteiger partial charge in [0.15, 0.2) is 0 Å². The van der Waals surface area contributed by atoms with Crippen molar-refractivity contribution >= 4 is 17.7 Å². The number of hydrogen-bond donors (Lipinski definition) is 1. The lowest BCUT2D eigenvalue weighted by Gasteiger charge is -2.22. The predicted molar refractivity (Wildman–Crippen MR) is 92.6 cm³/mol. The minimum atomic E-state index is 0.0626. The second-order valence-electron chi connectivity index (χ2n) is 6.89. The van der Waals surface area contributed by atoms with Crippen LogP contribution >= 0.6 is 11.8 Å². The number of thioether (sulfide) groups is 1. The van der Waals surface area contributed by atoms with E-state index >= 15 is 0 Å². The fourth-order valence-electron chi connectivity index (χ4n) is 3.89. The predicted octanol–water partition coefficient (Wildman–Crippen LogP) is 3.44. The molecule has 2 aromatic rings. The van der Waals surface area contributed by atoms with E-state index in [4.69, 9.17) is 4.52 Å². The van der Waals surface area contributed by atoms with Gasteiger partial charge in [0, 0.05) is 11.6 Å². The zero-order chi connectivity index (χ0) is 16.5. The van der Waals surface area contributed by atoms with Crippen LogP contribution in [0.15, 0.2) is 34.0 Å². The summed E-state index contributed by atoms with van der Waals surface area (Å²) >= 11 is 1.30. The third kappa shape index (κ3) is 3.34. The zero-order valence-corrected chi connectivity index (χ0v) is 14.5. The number of carbonyl (C=O) groups is 1. The number of aryl methyl sites for hydroxylation is 1. The van der Waals surface area contributed by atoms with E-state index in [0.717, 1.165) is 17.9 Å². The summed E-state index contributed by atoms with van der Waals surface area (Å²) in [6.45, 7) is 2.04. The van der Waals surface area contributed by atoms with Crippen LogP contribution in [-0.2, 0) is 4.79 Å². The van der Waals surface area contributed by atoms with Crippen molar-refractivity contribution in [3.05, 3.63) is 29.8 Å². The minimum Gasteiger partial charge on any atom is -0.352 e. The molecular weight excluding hydrogens is 322 g/mol. The quantitative estimate of drug-likeness (QED) is 0.842. The first kappa shape index (κ1) is 15.7. The molecule has 0 radical (unpaired) electrons. The van der Waals surface area contributed by atoms with Gasteiger partial charge in [0.2, 0.25) is 11.7 Å². The van der Waals surface area contributed by atoms with Crippen molar-refractivity contribution in [1.29, 1.82) is 0 Å². The Morgan fingerprint density at radius 2 is 2.12 bits per heavy atom. The van der Waals surface area contributed by atoms with E-state index in [0.29, 0.717) is 28.8 Å². The molecule has 6 heteroatoms. The molecule has 24 heavy (non-hydrogen) atoms. The number of aromatic nitrogens is 2. The van der Waals surface area contributed by atoms with Gasteiger partial charge in [0.05, 0.1) is 5.75 Å². The maximum Gasteiger partial charge on any atom is 0.286 e. The van der Waals surface area contributed by atoms with Gasteiger partial charge >= 0.3 is 0 Å². The number of hydrogen-bond acceptors (Lipinski definition) is 5. The molecule has 1 N–H and O–H groups in total. The fourth-order valence-corrected chi connectivity index (χ4v) is 4.46. The summed E-state index contributed by atoms with van der Waals surface area (Å²) in [5.41, 5.74) is 2.11. The summed E-state index contributed by atoms with van der Waals surface area (Å²) in [4.78, 5) is 16.5. The monoisotopic (exact) mass is 343 g/mol. The molecule has 0 unspecified atom stereocenters. The van der Waals surface area contributed by atoms with Gasteiger partial charge in [-0.1, -0.05) is 53.2 Å². The van der Waals surface area contributed by atoms with E-state index in [1.807, 2.05) is 31.2 Å². The first-order chi connectivity index (χ1) is 11.7. The molecule has 2 aliphatic rings. The Morgan fingerprint density at radius 1 is 1.29 bits per heavy atom. The highest BCUT2D eigenvalue weighted by molar-refractivity contribution is 7.99. The molecule has 5 nitrogen and oxygen atoms in total. The van der Waals surface area contributed by atoms with Crippen LogP contribution in [0.4, 0.5) is 0 Å². The Kier molecular flexibility index (Phi) is 4.31. The van der Waals surface area contributed by atoms with Gasteiger partial charge in [0.25, 0.3) is 5.22 Å². The maximum absolute atomic E-state index is 12.1. The van der Waals surface area contributed by atoms with Crippen LogP contribution in [0.1, 0.15) is 31.2 Å². The van der Waals surface area contributed by atoms with Crippen LogP contribution in [-0.4, -0.2) is 27.8 Å². The Bertz CT molecular complexity index is 728. The number of rotatable bonds is 5. The topological polar surface area (TPSA) is 68.0 Å². The molecule has 1 heterocycles. The highest BCUT2D eigenvalue weighted by atomic mass is 32.2. The lowest BCUT2D eigenvalue weighted by molar-refractivity contribution is -0.119.